The maximum atomic E-state index is 11.7. The van der Waals surface area contributed by atoms with Gasteiger partial charge in [0.25, 0.3) is 0 Å². The first kappa shape index (κ1) is 14.5. The summed E-state index contributed by atoms with van der Waals surface area (Å²) in [5, 5.41) is 6.81. The highest BCUT2D eigenvalue weighted by Gasteiger charge is 2.05. The smallest absolute Gasteiger partial charge is 0.225 e. The molecule has 1 aromatic carbocycles. The van der Waals surface area contributed by atoms with Gasteiger partial charge >= 0.3 is 0 Å². The highest BCUT2D eigenvalue weighted by atomic mass is 79.9. The minimum absolute atomic E-state index is 0.00663. The van der Waals surface area contributed by atoms with Crippen molar-refractivity contribution in [1.29, 1.82) is 0 Å². The molecule has 1 amide bonds. The molecule has 0 atom stereocenters. The molecule has 1 heterocycles. The lowest BCUT2D eigenvalue weighted by Crippen LogP contribution is -2.14. The first-order valence-corrected chi connectivity index (χ1v) is 7.50. The van der Waals surface area contributed by atoms with E-state index in [4.69, 9.17) is 0 Å². The van der Waals surface area contributed by atoms with Crippen LogP contribution in [-0.2, 0) is 11.3 Å². The molecule has 0 saturated carbocycles. The predicted octanol–water partition coefficient (Wildman–Crippen LogP) is 3.42. The van der Waals surface area contributed by atoms with Gasteiger partial charge in [0.05, 0.1) is 0 Å². The Hall–Kier alpha value is -1.88. The zero-order valence-electron chi connectivity index (χ0n) is 11.0. The molecule has 0 saturated heterocycles. The van der Waals surface area contributed by atoms with Crippen LogP contribution in [0.1, 0.15) is 12.0 Å². The Labute approximate surface area is 126 Å². The maximum Gasteiger partial charge on any atom is 0.225 e. The van der Waals surface area contributed by atoms with Crippen molar-refractivity contribution in [2.45, 2.75) is 13.0 Å². The molecular weight excluding hydrogens is 318 g/mol. The van der Waals surface area contributed by atoms with Gasteiger partial charge in [-0.3, -0.25) is 4.79 Å². The number of carbonyl (C=O) groups is 1. The fourth-order valence-electron chi connectivity index (χ4n) is 1.75. The second kappa shape index (κ2) is 7.65. The summed E-state index contributed by atoms with van der Waals surface area (Å²) in [4.78, 5) is 15.9. The number of amides is 1. The van der Waals surface area contributed by atoms with E-state index in [1.165, 1.54) is 0 Å². The van der Waals surface area contributed by atoms with Crippen LogP contribution in [0.2, 0.25) is 0 Å². The predicted molar refractivity (Wildman–Crippen MR) is 85.0 cm³/mol. The lowest BCUT2D eigenvalue weighted by Gasteiger charge is -2.11. The molecule has 0 aliphatic heterocycles. The van der Waals surface area contributed by atoms with Gasteiger partial charge < -0.3 is 10.6 Å². The topological polar surface area (TPSA) is 54.0 Å². The molecule has 0 aliphatic carbocycles. The molecule has 5 heteroatoms. The molecule has 0 fully saturated rings. The van der Waals surface area contributed by atoms with E-state index in [2.05, 4.69) is 31.5 Å². The largest absolute Gasteiger partial charge is 0.366 e. The van der Waals surface area contributed by atoms with Crippen LogP contribution in [-0.4, -0.2) is 16.2 Å². The van der Waals surface area contributed by atoms with Crippen LogP contribution in [0.4, 0.5) is 11.5 Å². The number of nitrogens with one attached hydrogen (secondary N) is 2. The molecule has 4 nitrogen and oxygen atoms in total. The van der Waals surface area contributed by atoms with E-state index in [-0.39, 0.29) is 5.91 Å². The fourth-order valence-corrected chi connectivity index (χ4v) is 2.11. The average molecular weight is 334 g/mol. The number of carbonyl (C=O) groups excluding carboxylic acids is 1. The van der Waals surface area contributed by atoms with Gasteiger partial charge in [0.1, 0.15) is 5.82 Å². The van der Waals surface area contributed by atoms with Crippen LogP contribution in [0.5, 0.6) is 0 Å². The van der Waals surface area contributed by atoms with Crippen LogP contribution < -0.4 is 10.6 Å². The van der Waals surface area contributed by atoms with Gasteiger partial charge in [0.15, 0.2) is 0 Å². The lowest BCUT2D eigenvalue weighted by molar-refractivity contribution is -0.115. The molecule has 2 aromatic rings. The van der Waals surface area contributed by atoms with E-state index < -0.39 is 0 Å². The highest BCUT2D eigenvalue weighted by Crippen LogP contribution is 2.16. The Morgan fingerprint density at radius 3 is 2.70 bits per heavy atom. The Kier molecular flexibility index (Phi) is 5.55. The summed E-state index contributed by atoms with van der Waals surface area (Å²) >= 11 is 3.26. The maximum absolute atomic E-state index is 11.7. The summed E-state index contributed by atoms with van der Waals surface area (Å²) in [7, 11) is 0. The van der Waals surface area contributed by atoms with E-state index in [9.17, 15) is 4.79 Å². The molecule has 0 aliphatic rings. The minimum Gasteiger partial charge on any atom is -0.366 e. The molecule has 2 N–H and O–H groups in total. The average Bonchev–Trinajstić information content (AvgIpc) is 2.48. The Morgan fingerprint density at radius 1 is 1.15 bits per heavy atom. The Morgan fingerprint density at radius 2 is 1.95 bits per heavy atom. The number of alkyl halides is 1. The second-order valence-electron chi connectivity index (χ2n) is 4.21. The monoisotopic (exact) mass is 333 g/mol. The van der Waals surface area contributed by atoms with Crippen molar-refractivity contribution >= 4 is 33.3 Å². The summed E-state index contributed by atoms with van der Waals surface area (Å²) in [6.07, 6.45) is 2.20. The zero-order valence-corrected chi connectivity index (χ0v) is 12.6. The van der Waals surface area contributed by atoms with Crippen molar-refractivity contribution < 1.29 is 4.79 Å². The van der Waals surface area contributed by atoms with Gasteiger partial charge in [-0.1, -0.05) is 40.2 Å². The van der Waals surface area contributed by atoms with Crippen LogP contribution in [0.15, 0.2) is 48.7 Å². The van der Waals surface area contributed by atoms with Gasteiger partial charge in [-0.05, 0) is 23.8 Å². The van der Waals surface area contributed by atoms with Crippen molar-refractivity contribution in [1.82, 2.24) is 4.98 Å². The molecule has 20 heavy (non-hydrogen) atoms. The highest BCUT2D eigenvalue weighted by molar-refractivity contribution is 9.09. The molecular formula is C15H16BrN3O. The van der Waals surface area contributed by atoms with Crippen molar-refractivity contribution in [2.75, 3.05) is 16.0 Å². The molecule has 0 unspecified atom stereocenters. The summed E-state index contributed by atoms with van der Waals surface area (Å²) in [6.45, 7) is 0.613. The molecule has 1 aromatic heterocycles. The SMILES string of the molecule is O=C(CCBr)Nc1ccccc1CNc1ccccn1. The van der Waals surface area contributed by atoms with E-state index in [1.54, 1.807) is 6.20 Å². The van der Waals surface area contributed by atoms with Crippen LogP contribution >= 0.6 is 15.9 Å². The van der Waals surface area contributed by atoms with Crippen molar-refractivity contribution in [2.24, 2.45) is 0 Å². The third kappa shape index (κ3) is 4.35. The van der Waals surface area contributed by atoms with Crippen LogP contribution in [0, 0.1) is 0 Å². The fraction of sp³-hybridized carbons (Fsp3) is 0.200. The summed E-state index contributed by atoms with van der Waals surface area (Å²) in [5.41, 5.74) is 1.86. The van der Waals surface area contributed by atoms with E-state index in [0.717, 1.165) is 17.1 Å². The number of rotatable bonds is 6. The third-order valence-electron chi connectivity index (χ3n) is 2.74. The van der Waals surface area contributed by atoms with E-state index in [0.29, 0.717) is 18.3 Å². The Balaban J connectivity index is 2.02. The van der Waals surface area contributed by atoms with Crippen molar-refractivity contribution in [3.63, 3.8) is 0 Å². The second-order valence-corrected chi connectivity index (χ2v) is 5.01. The molecule has 2 rings (SSSR count). The summed E-state index contributed by atoms with van der Waals surface area (Å²) in [5.74, 6) is 0.821. The van der Waals surface area contributed by atoms with E-state index in [1.807, 2.05) is 42.5 Å². The number of halogens is 1. The molecule has 0 radical (unpaired) electrons. The van der Waals surface area contributed by atoms with Crippen molar-refractivity contribution in [3.8, 4) is 0 Å². The van der Waals surface area contributed by atoms with Crippen LogP contribution in [0.25, 0.3) is 0 Å². The van der Waals surface area contributed by atoms with Gasteiger partial charge in [-0.25, -0.2) is 4.98 Å². The molecule has 0 bridgehead atoms. The number of para-hydroxylation sites is 1. The zero-order chi connectivity index (χ0) is 14.2. The van der Waals surface area contributed by atoms with Gasteiger partial charge in [-0.15, -0.1) is 0 Å². The van der Waals surface area contributed by atoms with Gasteiger partial charge in [-0.2, -0.15) is 0 Å². The first-order valence-electron chi connectivity index (χ1n) is 6.38. The molecule has 104 valence electrons. The van der Waals surface area contributed by atoms with Crippen LogP contribution in [0.3, 0.4) is 0 Å². The number of aromatic nitrogens is 1. The normalized spacial score (nSPS) is 10.1. The number of pyridine rings is 1. The number of anilines is 2. The Bertz CT molecular complexity index is 560. The summed E-state index contributed by atoms with van der Waals surface area (Å²) < 4.78 is 0. The van der Waals surface area contributed by atoms with Crippen molar-refractivity contribution in [3.05, 3.63) is 54.2 Å². The number of benzene rings is 1. The standard InChI is InChI=1S/C15H16BrN3O/c16-9-8-15(20)19-13-6-2-1-5-12(13)11-18-14-7-3-4-10-17-14/h1-7,10H,8-9,11H2,(H,17,18)(H,19,20). The third-order valence-corrected chi connectivity index (χ3v) is 3.13. The first-order chi connectivity index (χ1) is 9.79. The summed E-state index contributed by atoms with van der Waals surface area (Å²) in [6, 6.07) is 13.5. The molecule has 0 spiro atoms. The van der Waals surface area contributed by atoms with Gasteiger partial charge in [0, 0.05) is 30.2 Å². The quantitative estimate of drug-likeness (QED) is 0.796. The van der Waals surface area contributed by atoms with E-state index >= 15 is 0 Å². The number of nitrogens with zero attached hydrogens (tertiary/aromatic N) is 1. The van der Waals surface area contributed by atoms with Gasteiger partial charge in [0.2, 0.25) is 5.91 Å². The lowest BCUT2D eigenvalue weighted by atomic mass is 10.1. The number of hydrogen-bond acceptors (Lipinski definition) is 3. The number of hydrogen-bond donors (Lipinski definition) is 2. The minimum atomic E-state index is 0.00663.